The molecule has 0 N–H and O–H groups in total. The fourth-order valence-corrected chi connectivity index (χ4v) is 4.25. The van der Waals surface area contributed by atoms with E-state index in [9.17, 15) is 13.0 Å². The molecule has 0 aliphatic heterocycles. The van der Waals surface area contributed by atoms with Crippen molar-refractivity contribution in [2.45, 2.75) is 82.4 Å². The Labute approximate surface area is 207 Å². The van der Waals surface area contributed by atoms with Crippen LogP contribution in [-0.2, 0) is 16.5 Å². The summed E-state index contributed by atoms with van der Waals surface area (Å²) < 4.78 is 34.3. The SMILES string of the molecule is CCCCCCCCCCCCc1ccc(S(=O)(=O)[O-])c2ccccc12.[K+]. The fourth-order valence-electron chi connectivity index (χ4n) is 3.57. The molecule has 0 unspecified atom stereocenters. The van der Waals surface area contributed by atoms with Crippen LogP contribution in [0.4, 0.5) is 0 Å². The first-order chi connectivity index (χ1) is 12.5. The average molecular weight is 415 g/mol. The third-order valence-corrected chi connectivity index (χ3v) is 5.94. The molecule has 2 rings (SSSR count). The van der Waals surface area contributed by atoms with E-state index >= 15 is 0 Å². The summed E-state index contributed by atoms with van der Waals surface area (Å²) >= 11 is 0. The molecule has 3 nitrogen and oxygen atoms in total. The summed E-state index contributed by atoms with van der Waals surface area (Å²) in [4.78, 5) is -0.111. The second-order valence-electron chi connectivity index (χ2n) is 7.15. The van der Waals surface area contributed by atoms with E-state index in [0.29, 0.717) is 5.39 Å². The predicted molar refractivity (Wildman–Crippen MR) is 107 cm³/mol. The van der Waals surface area contributed by atoms with Gasteiger partial charge in [0.25, 0.3) is 0 Å². The van der Waals surface area contributed by atoms with Gasteiger partial charge in [0.15, 0.2) is 0 Å². The minimum Gasteiger partial charge on any atom is -0.744 e. The van der Waals surface area contributed by atoms with Crippen LogP contribution in [0.5, 0.6) is 0 Å². The van der Waals surface area contributed by atoms with Crippen LogP contribution in [0.1, 0.15) is 76.7 Å². The molecule has 0 fully saturated rings. The maximum atomic E-state index is 11.4. The molecule has 0 saturated carbocycles. The first-order valence-corrected chi connectivity index (χ1v) is 11.4. The molecule has 144 valence electrons. The molecule has 0 amide bonds. The van der Waals surface area contributed by atoms with Crippen molar-refractivity contribution in [2.75, 3.05) is 0 Å². The van der Waals surface area contributed by atoms with Gasteiger partial charge in [-0.25, -0.2) is 8.42 Å². The molecule has 0 spiro atoms. The maximum Gasteiger partial charge on any atom is 1.00 e. The minimum absolute atomic E-state index is 0. The van der Waals surface area contributed by atoms with Crippen LogP contribution in [0.25, 0.3) is 10.8 Å². The summed E-state index contributed by atoms with van der Waals surface area (Å²) in [5, 5.41) is 1.44. The zero-order valence-corrected chi connectivity index (χ0v) is 20.8. The van der Waals surface area contributed by atoms with Gasteiger partial charge in [0.05, 0.1) is 4.90 Å². The summed E-state index contributed by atoms with van der Waals surface area (Å²) in [6.45, 7) is 2.25. The molecular formula is C22H31KO3S. The minimum atomic E-state index is -4.44. The number of unbranched alkanes of at least 4 members (excludes halogenated alkanes) is 9. The summed E-state index contributed by atoms with van der Waals surface area (Å²) in [6, 6.07) is 10.6. The van der Waals surface area contributed by atoms with Gasteiger partial charge in [-0.05, 0) is 35.2 Å². The van der Waals surface area contributed by atoms with E-state index in [2.05, 4.69) is 6.92 Å². The summed E-state index contributed by atoms with van der Waals surface area (Å²) in [7, 11) is -4.44. The van der Waals surface area contributed by atoms with E-state index in [0.717, 1.165) is 23.8 Å². The van der Waals surface area contributed by atoms with Gasteiger partial charge in [0.1, 0.15) is 10.1 Å². The second kappa shape index (κ2) is 13.5. The first-order valence-electron chi connectivity index (χ1n) is 10.0. The molecule has 0 heterocycles. The molecule has 0 aliphatic carbocycles. The Kier molecular flexibility index (Phi) is 12.6. The number of hydrogen-bond acceptors (Lipinski definition) is 3. The van der Waals surface area contributed by atoms with Gasteiger partial charge in [-0.15, -0.1) is 0 Å². The Balaban J connectivity index is 0.00000364. The van der Waals surface area contributed by atoms with E-state index in [1.807, 2.05) is 12.1 Å². The van der Waals surface area contributed by atoms with Gasteiger partial charge in [0.2, 0.25) is 0 Å². The molecular weight excluding hydrogens is 383 g/mol. The zero-order valence-electron chi connectivity index (χ0n) is 16.9. The number of fused-ring (bicyclic) bond motifs is 1. The molecule has 27 heavy (non-hydrogen) atoms. The van der Waals surface area contributed by atoms with Crippen molar-refractivity contribution >= 4 is 20.9 Å². The number of hydrogen-bond donors (Lipinski definition) is 0. The van der Waals surface area contributed by atoms with E-state index in [-0.39, 0.29) is 56.3 Å². The second-order valence-corrected chi connectivity index (χ2v) is 8.50. The molecule has 0 radical (unpaired) electrons. The van der Waals surface area contributed by atoms with Crippen LogP contribution in [0, 0.1) is 0 Å². The van der Waals surface area contributed by atoms with Crippen LogP contribution < -0.4 is 51.4 Å². The summed E-state index contributed by atoms with van der Waals surface area (Å²) in [6.07, 6.45) is 13.9. The van der Waals surface area contributed by atoms with Crippen LogP contribution >= 0.6 is 0 Å². The molecule has 0 aromatic heterocycles. The topological polar surface area (TPSA) is 57.2 Å². The van der Waals surface area contributed by atoms with Crippen molar-refractivity contribution in [3.63, 3.8) is 0 Å². The number of aryl methyl sites for hydroxylation is 1. The van der Waals surface area contributed by atoms with Gasteiger partial charge >= 0.3 is 51.4 Å². The Bertz CT molecular complexity index is 787. The Hall–Kier alpha value is 0.246. The van der Waals surface area contributed by atoms with Crippen molar-refractivity contribution in [3.05, 3.63) is 42.0 Å². The van der Waals surface area contributed by atoms with Crippen molar-refractivity contribution < 1.29 is 64.4 Å². The van der Waals surface area contributed by atoms with Gasteiger partial charge in [0, 0.05) is 0 Å². The summed E-state index contributed by atoms with van der Waals surface area (Å²) in [5.74, 6) is 0. The summed E-state index contributed by atoms with van der Waals surface area (Å²) in [5.41, 5.74) is 1.13. The Morgan fingerprint density at radius 1 is 0.741 bits per heavy atom. The standard InChI is InChI=1S/C22H32O3S.K/c1-2-3-4-5-6-7-8-9-10-11-14-19-17-18-22(26(23,24)25)21-16-13-12-15-20(19)21;/h12-13,15-18H,2-11,14H2,1H3,(H,23,24,25);/q;+1/p-1. The van der Waals surface area contributed by atoms with Gasteiger partial charge in [-0.1, -0.05) is 95.0 Å². The Morgan fingerprint density at radius 3 is 1.81 bits per heavy atom. The largest absolute Gasteiger partial charge is 1.00 e. The monoisotopic (exact) mass is 414 g/mol. The maximum absolute atomic E-state index is 11.4. The average Bonchev–Trinajstić information content (AvgIpc) is 2.62. The molecule has 2 aromatic rings. The number of benzene rings is 2. The zero-order chi connectivity index (χ0) is 18.8. The van der Waals surface area contributed by atoms with E-state index in [4.69, 9.17) is 0 Å². The quantitative estimate of drug-likeness (QED) is 0.304. The van der Waals surface area contributed by atoms with Gasteiger partial charge < -0.3 is 4.55 Å². The first kappa shape index (κ1) is 25.3. The van der Waals surface area contributed by atoms with Crippen LogP contribution in [-0.4, -0.2) is 13.0 Å². The third kappa shape index (κ3) is 8.65. The normalized spacial score (nSPS) is 11.5. The molecule has 5 heteroatoms. The van der Waals surface area contributed by atoms with E-state index in [1.165, 1.54) is 63.9 Å². The van der Waals surface area contributed by atoms with Crippen molar-refractivity contribution in [3.8, 4) is 0 Å². The molecule has 0 saturated heterocycles. The molecule has 0 atom stereocenters. The van der Waals surface area contributed by atoms with Crippen LogP contribution in [0.15, 0.2) is 41.3 Å². The number of rotatable bonds is 12. The van der Waals surface area contributed by atoms with Crippen molar-refractivity contribution in [1.29, 1.82) is 0 Å². The van der Waals surface area contributed by atoms with E-state index in [1.54, 1.807) is 18.2 Å². The Morgan fingerprint density at radius 2 is 1.26 bits per heavy atom. The fraction of sp³-hybridized carbons (Fsp3) is 0.545. The smallest absolute Gasteiger partial charge is 0.744 e. The predicted octanol–water partition coefficient (Wildman–Crippen LogP) is 3.21. The van der Waals surface area contributed by atoms with Crippen LogP contribution in [0.2, 0.25) is 0 Å². The third-order valence-electron chi connectivity index (χ3n) is 5.04. The molecule has 2 aromatic carbocycles. The van der Waals surface area contributed by atoms with Crippen molar-refractivity contribution in [1.82, 2.24) is 0 Å². The van der Waals surface area contributed by atoms with E-state index < -0.39 is 10.1 Å². The van der Waals surface area contributed by atoms with Crippen LogP contribution in [0.3, 0.4) is 0 Å². The van der Waals surface area contributed by atoms with Gasteiger partial charge in [-0.2, -0.15) is 0 Å². The van der Waals surface area contributed by atoms with Crippen molar-refractivity contribution in [2.24, 2.45) is 0 Å². The van der Waals surface area contributed by atoms with Gasteiger partial charge in [-0.3, -0.25) is 0 Å². The molecule has 0 bridgehead atoms. The molecule has 0 aliphatic rings.